The van der Waals surface area contributed by atoms with Crippen LogP contribution < -0.4 is 0 Å². The topological polar surface area (TPSA) is 66.6 Å². The second-order valence-electron chi connectivity index (χ2n) is 6.40. The molecule has 1 N–H and O–H groups in total. The van der Waals surface area contributed by atoms with Crippen LogP contribution in [0.3, 0.4) is 0 Å². The third-order valence-electron chi connectivity index (χ3n) is 4.31. The molecule has 0 saturated heterocycles. The van der Waals surface area contributed by atoms with Crippen LogP contribution in [0, 0.1) is 0 Å². The number of phenolic OH excluding ortho intramolecular Hbond substituents is 1. The van der Waals surface area contributed by atoms with Crippen molar-refractivity contribution in [3.05, 3.63) is 47.2 Å². The Morgan fingerprint density at radius 3 is 2.61 bits per heavy atom. The summed E-state index contributed by atoms with van der Waals surface area (Å²) in [6.07, 6.45) is 0.711. The van der Waals surface area contributed by atoms with Crippen LogP contribution in [0.1, 0.15) is 55.5 Å². The number of carbonyl (C=O) groups is 1. The first-order chi connectivity index (χ1) is 11.0. The molecule has 0 bridgehead atoms. The lowest BCUT2D eigenvalue weighted by atomic mass is 9.98. The van der Waals surface area contributed by atoms with E-state index in [1.165, 1.54) is 0 Å². The fraction of sp³-hybridized carbons (Fsp3) is 0.444. The van der Waals surface area contributed by atoms with Gasteiger partial charge in [0, 0.05) is 18.9 Å². The zero-order valence-corrected chi connectivity index (χ0v) is 13.7. The van der Waals surface area contributed by atoms with E-state index in [0.717, 1.165) is 22.9 Å². The van der Waals surface area contributed by atoms with Gasteiger partial charge in [0.1, 0.15) is 17.2 Å². The number of carbonyl (C=O) groups excluding carboxylic acids is 1. The molecular weight excluding hydrogens is 292 g/mol. The van der Waals surface area contributed by atoms with E-state index < -0.39 is 0 Å². The van der Waals surface area contributed by atoms with E-state index >= 15 is 0 Å². The number of hydrogen-bond acceptors (Lipinski definition) is 4. The minimum atomic E-state index is -0.242. The van der Waals surface area contributed by atoms with Crippen molar-refractivity contribution in [3.8, 4) is 5.75 Å². The summed E-state index contributed by atoms with van der Waals surface area (Å²) in [5, 5.41) is 9.37. The van der Waals surface area contributed by atoms with Crippen molar-refractivity contribution < 1.29 is 14.3 Å². The smallest absolute Gasteiger partial charge is 0.230 e. The Hall–Kier alpha value is -2.30. The summed E-state index contributed by atoms with van der Waals surface area (Å²) in [6.45, 7) is 7.15. The molecule has 1 aromatic carbocycles. The molecule has 1 aliphatic heterocycles. The number of rotatable bonds is 3. The number of benzene rings is 1. The fourth-order valence-corrected chi connectivity index (χ4v) is 2.83. The van der Waals surface area contributed by atoms with Crippen molar-refractivity contribution in [1.82, 2.24) is 9.88 Å². The van der Waals surface area contributed by atoms with Gasteiger partial charge in [-0.05, 0) is 24.6 Å². The number of amides is 1. The highest BCUT2D eigenvalue weighted by Gasteiger charge is 2.29. The lowest BCUT2D eigenvalue weighted by Crippen LogP contribution is -2.38. The number of nitrogens with zero attached hydrogens (tertiary/aromatic N) is 2. The second kappa shape index (κ2) is 6.07. The molecular formula is C18H22N2O3. The van der Waals surface area contributed by atoms with Gasteiger partial charge in [-0.15, -0.1) is 0 Å². The quantitative estimate of drug-likeness (QED) is 0.945. The van der Waals surface area contributed by atoms with Gasteiger partial charge < -0.3 is 14.4 Å². The van der Waals surface area contributed by atoms with Crippen LogP contribution in [0.15, 0.2) is 28.7 Å². The molecule has 1 atom stereocenters. The average molecular weight is 314 g/mol. The fourth-order valence-electron chi connectivity index (χ4n) is 2.83. The van der Waals surface area contributed by atoms with Crippen LogP contribution in [-0.2, 0) is 17.8 Å². The number of fused-ring (bicyclic) bond motifs is 1. The summed E-state index contributed by atoms with van der Waals surface area (Å²) < 4.78 is 5.78. The highest BCUT2D eigenvalue weighted by atomic mass is 16.4. The average Bonchev–Trinajstić information content (AvgIpc) is 2.97. The number of aromatic nitrogens is 1. The van der Waals surface area contributed by atoms with Crippen LogP contribution in [0.25, 0.3) is 0 Å². The van der Waals surface area contributed by atoms with E-state index in [2.05, 4.69) is 4.98 Å². The van der Waals surface area contributed by atoms with Gasteiger partial charge in [0.25, 0.3) is 0 Å². The molecule has 0 saturated carbocycles. The van der Waals surface area contributed by atoms with Crippen LogP contribution in [0.2, 0.25) is 0 Å². The molecule has 1 aromatic heterocycles. The van der Waals surface area contributed by atoms with Crippen LogP contribution in [0.4, 0.5) is 0 Å². The predicted octanol–water partition coefficient (Wildman–Crippen LogP) is 3.19. The predicted molar refractivity (Wildman–Crippen MR) is 86.2 cm³/mol. The maximum absolute atomic E-state index is 12.7. The standard InChI is InChI=1S/C18H22N2O3/c1-11(2)17-19-15-10-20(9-8-16(15)23-17)18(22)12(3)13-4-6-14(21)7-5-13/h4-7,11-12,21H,8-10H2,1-3H3. The van der Waals surface area contributed by atoms with Crippen molar-refractivity contribution in [1.29, 1.82) is 0 Å². The first-order valence-corrected chi connectivity index (χ1v) is 8.02. The first kappa shape index (κ1) is 15.6. The monoisotopic (exact) mass is 314 g/mol. The highest BCUT2D eigenvalue weighted by molar-refractivity contribution is 5.83. The summed E-state index contributed by atoms with van der Waals surface area (Å²) in [7, 11) is 0. The molecule has 2 aromatic rings. The van der Waals surface area contributed by atoms with E-state index in [1.54, 1.807) is 24.3 Å². The van der Waals surface area contributed by atoms with Gasteiger partial charge in [-0.1, -0.05) is 26.0 Å². The second-order valence-corrected chi connectivity index (χ2v) is 6.40. The summed E-state index contributed by atoms with van der Waals surface area (Å²) in [4.78, 5) is 19.1. The van der Waals surface area contributed by atoms with E-state index in [-0.39, 0.29) is 23.5 Å². The minimum Gasteiger partial charge on any atom is -0.508 e. The lowest BCUT2D eigenvalue weighted by molar-refractivity contribution is -0.133. The Morgan fingerprint density at radius 2 is 1.96 bits per heavy atom. The van der Waals surface area contributed by atoms with Crippen molar-refractivity contribution in [2.75, 3.05) is 6.54 Å². The molecule has 0 aliphatic carbocycles. The molecule has 5 heteroatoms. The molecule has 0 spiro atoms. The van der Waals surface area contributed by atoms with Crippen LogP contribution in [0.5, 0.6) is 5.75 Å². The maximum atomic E-state index is 12.7. The largest absolute Gasteiger partial charge is 0.508 e. The summed E-state index contributed by atoms with van der Waals surface area (Å²) in [5.41, 5.74) is 1.79. The van der Waals surface area contributed by atoms with Crippen molar-refractivity contribution in [2.24, 2.45) is 0 Å². The van der Waals surface area contributed by atoms with Gasteiger partial charge >= 0.3 is 0 Å². The van der Waals surface area contributed by atoms with Gasteiger partial charge in [0.05, 0.1) is 12.5 Å². The summed E-state index contributed by atoms with van der Waals surface area (Å²) >= 11 is 0. The molecule has 0 fully saturated rings. The van der Waals surface area contributed by atoms with E-state index in [0.29, 0.717) is 19.5 Å². The van der Waals surface area contributed by atoms with Gasteiger partial charge in [0.15, 0.2) is 5.89 Å². The molecule has 1 aliphatic rings. The molecule has 23 heavy (non-hydrogen) atoms. The SMILES string of the molecule is CC(C)c1nc2c(o1)CCN(C(=O)C(C)c1ccc(O)cc1)C2. The van der Waals surface area contributed by atoms with Gasteiger partial charge in [-0.3, -0.25) is 4.79 Å². The Morgan fingerprint density at radius 1 is 1.26 bits per heavy atom. The van der Waals surface area contributed by atoms with Crippen molar-refractivity contribution in [2.45, 2.75) is 45.6 Å². The molecule has 1 amide bonds. The van der Waals surface area contributed by atoms with Gasteiger partial charge in [-0.25, -0.2) is 4.98 Å². The lowest BCUT2D eigenvalue weighted by Gasteiger charge is -2.28. The first-order valence-electron chi connectivity index (χ1n) is 8.02. The third kappa shape index (κ3) is 3.09. The van der Waals surface area contributed by atoms with Gasteiger partial charge in [0.2, 0.25) is 5.91 Å². The number of hydrogen-bond donors (Lipinski definition) is 1. The number of oxazole rings is 1. The number of aromatic hydroxyl groups is 1. The van der Waals surface area contributed by atoms with E-state index in [1.807, 2.05) is 25.7 Å². The van der Waals surface area contributed by atoms with Crippen LogP contribution in [-0.4, -0.2) is 27.4 Å². The Balaban J connectivity index is 1.74. The maximum Gasteiger partial charge on any atom is 0.230 e. The van der Waals surface area contributed by atoms with E-state index in [4.69, 9.17) is 4.42 Å². The molecule has 5 nitrogen and oxygen atoms in total. The van der Waals surface area contributed by atoms with Crippen LogP contribution >= 0.6 is 0 Å². The third-order valence-corrected chi connectivity index (χ3v) is 4.31. The molecule has 2 heterocycles. The minimum absolute atomic E-state index is 0.0791. The van der Waals surface area contributed by atoms with Gasteiger partial charge in [-0.2, -0.15) is 0 Å². The van der Waals surface area contributed by atoms with E-state index in [9.17, 15) is 9.90 Å². The van der Waals surface area contributed by atoms with Crippen molar-refractivity contribution >= 4 is 5.91 Å². The Kier molecular flexibility index (Phi) is 4.11. The molecule has 122 valence electrons. The Bertz CT molecular complexity index is 704. The highest BCUT2D eigenvalue weighted by Crippen LogP contribution is 2.27. The van der Waals surface area contributed by atoms with Crippen molar-refractivity contribution in [3.63, 3.8) is 0 Å². The summed E-state index contributed by atoms with van der Waals surface area (Å²) in [6, 6.07) is 6.81. The molecule has 0 radical (unpaired) electrons. The molecule has 1 unspecified atom stereocenters. The Labute approximate surface area is 135 Å². The molecule has 3 rings (SSSR count). The number of phenols is 1. The zero-order chi connectivity index (χ0) is 16.6. The summed E-state index contributed by atoms with van der Waals surface area (Å²) in [5.74, 6) is 1.95. The normalized spacial score (nSPS) is 15.6. The zero-order valence-electron chi connectivity index (χ0n) is 13.7.